The van der Waals surface area contributed by atoms with E-state index < -0.39 is 0 Å². The highest BCUT2D eigenvalue weighted by molar-refractivity contribution is 9.10. The Labute approximate surface area is 117 Å². The van der Waals surface area contributed by atoms with Gasteiger partial charge in [0.25, 0.3) is 5.91 Å². The second kappa shape index (κ2) is 4.99. The molecule has 0 aliphatic rings. The molecule has 5 nitrogen and oxygen atoms in total. The Morgan fingerprint density at radius 3 is 2.83 bits per heavy atom. The van der Waals surface area contributed by atoms with Gasteiger partial charge < -0.3 is 11.1 Å². The molecule has 1 aromatic heterocycles. The average Bonchev–Trinajstić information content (AvgIpc) is 2.62. The van der Waals surface area contributed by atoms with Crippen molar-refractivity contribution in [3.05, 3.63) is 39.6 Å². The molecule has 0 aliphatic heterocycles. The highest BCUT2D eigenvalue weighted by Crippen LogP contribution is 2.26. The van der Waals surface area contributed by atoms with Gasteiger partial charge in [-0.2, -0.15) is 5.10 Å². The van der Waals surface area contributed by atoms with E-state index in [-0.39, 0.29) is 5.91 Å². The molecule has 0 spiro atoms. The molecule has 3 N–H and O–H groups in total. The number of nitrogens with zero attached hydrogens (tertiary/aromatic N) is 2. The van der Waals surface area contributed by atoms with Gasteiger partial charge in [0.1, 0.15) is 5.69 Å². The van der Waals surface area contributed by atoms with Crippen molar-refractivity contribution in [3.8, 4) is 0 Å². The first kappa shape index (κ1) is 12.9. The Hall–Kier alpha value is -1.53. The predicted octanol–water partition coefficient (Wildman–Crippen LogP) is 2.67. The molecule has 0 saturated carbocycles. The summed E-state index contributed by atoms with van der Waals surface area (Å²) < 4.78 is 2.25. The van der Waals surface area contributed by atoms with Crippen molar-refractivity contribution in [1.29, 1.82) is 0 Å². The fraction of sp³-hybridized carbons (Fsp3) is 0.0909. The Morgan fingerprint density at radius 1 is 1.56 bits per heavy atom. The van der Waals surface area contributed by atoms with Crippen LogP contribution in [0.4, 0.5) is 11.4 Å². The Bertz CT molecular complexity index is 592. The summed E-state index contributed by atoms with van der Waals surface area (Å²) in [6.07, 6.45) is 1.43. The first-order valence-electron chi connectivity index (χ1n) is 5.03. The first-order valence-corrected chi connectivity index (χ1v) is 6.20. The van der Waals surface area contributed by atoms with Crippen LogP contribution in [0.25, 0.3) is 0 Å². The molecule has 0 bridgehead atoms. The highest BCUT2D eigenvalue weighted by Gasteiger charge is 2.16. The molecule has 2 rings (SSSR count). The van der Waals surface area contributed by atoms with Crippen LogP contribution < -0.4 is 11.1 Å². The van der Waals surface area contributed by atoms with Crippen LogP contribution in [0.2, 0.25) is 5.02 Å². The van der Waals surface area contributed by atoms with E-state index in [0.717, 1.165) is 4.47 Å². The number of carbonyl (C=O) groups is 1. The second-order valence-electron chi connectivity index (χ2n) is 3.65. The smallest absolute Gasteiger partial charge is 0.276 e. The van der Waals surface area contributed by atoms with Crippen molar-refractivity contribution in [2.24, 2.45) is 7.05 Å². The molecule has 94 valence electrons. The maximum absolute atomic E-state index is 12.0. The topological polar surface area (TPSA) is 72.9 Å². The van der Waals surface area contributed by atoms with Crippen LogP contribution >= 0.6 is 27.5 Å². The number of halogens is 2. The Morgan fingerprint density at radius 2 is 2.28 bits per heavy atom. The monoisotopic (exact) mass is 328 g/mol. The van der Waals surface area contributed by atoms with E-state index in [1.54, 1.807) is 25.2 Å². The summed E-state index contributed by atoms with van der Waals surface area (Å²) in [5.41, 5.74) is 6.81. The van der Waals surface area contributed by atoms with E-state index in [9.17, 15) is 4.79 Å². The predicted molar refractivity (Wildman–Crippen MR) is 74.7 cm³/mol. The summed E-state index contributed by atoms with van der Waals surface area (Å²) in [5.74, 6) is -0.350. The maximum atomic E-state index is 12.0. The Balaban J connectivity index is 2.27. The van der Waals surface area contributed by atoms with Crippen molar-refractivity contribution in [2.75, 3.05) is 11.1 Å². The summed E-state index contributed by atoms with van der Waals surface area (Å²) in [6.45, 7) is 0. The SMILES string of the molecule is Cn1ncc(N)c1C(=O)Nc1ccc(Br)cc1Cl. The number of hydrogen-bond acceptors (Lipinski definition) is 3. The molecule has 0 radical (unpaired) electrons. The van der Waals surface area contributed by atoms with E-state index in [4.69, 9.17) is 17.3 Å². The zero-order valence-corrected chi connectivity index (χ0v) is 11.8. The van der Waals surface area contributed by atoms with Crippen molar-refractivity contribution in [3.63, 3.8) is 0 Å². The van der Waals surface area contributed by atoms with Gasteiger partial charge >= 0.3 is 0 Å². The van der Waals surface area contributed by atoms with Crippen LogP contribution in [0.15, 0.2) is 28.9 Å². The van der Waals surface area contributed by atoms with E-state index in [0.29, 0.717) is 22.1 Å². The lowest BCUT2D eigenvalue weighted by molar-refractivity contribution is 0.101. The number of carbonyl (C=O) groups excluding carboxylic acids is 1. The third kappa shape index (κ3) is 2.49. The lowest BCUT2D eigenvalue weighted by atomic mass is 10.3. The van der Waals surface area contributed by atoms with E-state index in [2.05, 4.69) is 26.3 Å². The first-order chi connectivity index (χ1) is 8.49. The number of aryl methyl sites for hydroxylation is 1. The van der Waals surface area contributed by atoms with Gasteiger partial charge in [-0.15, -0.1) is 0 Å². The molecular weight excluding hydrogens is 320 g/mol. The van der Waals surface area contributed by atoms with Crippen LogP contribution in [0.1, 0.15) is 10.5 Å². The van der Waals surface area contributed by atoms with Crippen molar-refractivity contribution in [1.82, 2.24) is 9.78 Å². The molecule has 7 heteroatoms. The molecule has 0 saturated heterocycles. The van der Waals surface area contributed by atoms with Gasteiger partial charge in [0.05, 0.1) is 22.6 Å². The summed E-state index contributed by atoms with van der Waals surface area (Å²) in [5, 5.41) is 7.04. The van der Waals surface area contributed by atoms with Crippen LogP contribution in [-0.2, 0) is 7.05 Å². The summed E-state index contributed by atoms with van der Waals surface area (Å²) in [7, 11) is 1.65. The van der Waals surface area contributed by atoms with Crippen LogP contribution in [0.5, 0.6) is 0 Å². The van der Waals surface area contributed by atoms with Gasteiger partial charge in [0, 0.05) is 11.5 Å². The molecular formula is C11H10BrClN4O. The number of amides is 1. The normalized spacial score (nSPS) is 10.4. The number of nitrogens with two attached hydrogens (primary N) is 1. The van der Waals surface area contributed by atoms with Crippen LogP contribution in [0.3, 0.4) is 0 Å². The standard InChI is InChI=1S/C11H10BrClN4O/c1-17-10(8(14)5-15-17)11(18)16-9-3-2-6(12)4-7(9)13/h2-5H,14H2,1H3,(H,16,18). The average molecular weight is 330 g/mol. The molecule has 1 aromatic carbocycles. The molecule has 1 heterocycles. The lowest BCUT2D eigenvalue weighted by Crippen LogP contribution is -2.17. The van der Waals surface area contributed by atoms with Crippen LogP contribution in [-0.4, -0.2) is 15.7 Å². The minimum absolute atomic E-state index is 0.300. The van der Waals surface area contributed by atoms with E-state index in [1.807, 2.05) is 0 Å². The number of nitrogen functional groups attached to an aromatic ring is 1. The lowest BCUT2D eigenvalue weighted by Gasteiger charge is -2.08. The molecule has 18 heavy (non-hydrogen) atoms. The second-order valence-corrected chi connectivity index (χ2v) is 4.97. The van der Waals surface area contributed by atoms with E-state index >= 15 is 0 Å². The minimum atomic E-state index is -0.350. The largest absolute Gasteiger partial charge is 0.396 e. The molecule has 2 aromatic rings. The molecule has 0 unspecified atom stereocenters. The number of nitrogens with one attached hydrogen (secondary N) is 1. The highest BCUT2D eigenvalue weighted by atomic mass is 79.9. The van der Waals surface area contributed by atoms with Crippen molar-refractivity contribution < 1.29 is 4.79 Å². The quantitative estimate of drug-likeness (QED) is 0.889. The van der Waals surface area contributed by atoms with Gasteiger partial charge in [-0.25, -0.2) is 0 Å². The fourth-order valence-electron chi connectivity index (χ4n) is 1.50. The molecule has 0 aliphatic carbocycles. The summed E-state index contributed by atoms with van der Waals surface area (Å²) >= 11 is 9.31. The third-order valence-electron chi connectivity index (χ3n) is 2.36. The zero-order chi connectivity index (χ0) is 13.3. The summed E-state index contributed by atoms with van der Waals surface area (Å²) in [4.78, 5) is 12.0. The fourth-order valence-corrected chi connectivity index (χ4v) is 2.23. The third-order valence-corrected chi connectivity index (χ3v) is 3.17. The van der Waals surface area contributed by atoms with Gasteiger partial charge in [-0.3, -0.25) is 9.48 Å². The van der Waals surface area contributed by atoms with Gasteiger partial charge in [0.15, 0.2) is 0 Å². The van der Waals surface area contributed by atoms with Gasteiger partial charge in [-0.1, -0.05) is 27.5 Å². The number of aromatic nitrogens is 2. The van der Waals surface area contributed by atoms with Crippen LogP contribution in [0, 0.1) is 0 Å². The summed E-state index contributed by atoms with van der Waals surface area (Å²) in [6, 6.07) is 5.19. The van der Waals surface area contributed by atoms with Gasteiger partial charge in [-0.05, 0) is 18.2 Å². The maximum Gasteiger partial charge on any atom is 0.276 e. The van der Waals surface area contributed by atoms with Crippen molar-refractivity contribution in [2.45, 2.75) is 0 Å². The van der Waals surface area contributed by atoms with Gasteiger partial charge in [0.2, 0.25) is 0 Å². The molecule has 0 fully saturated rings. The number of benzene rings is 1. The molecule has 1 amide bonds. The number of rotatable bonds is 2. The van der Waals surface area contributed by atoms with Crippen molar-refractivity contribution >= 4 is 44.8 Å². The minimum Gasteiger partial charge on any atom is -0.396 e. The molecule has 0 atom stereocenters. The zero-order valence-electron chi connectivity index (χ0n) is 9.45. The van der Waals surface area contributed by atoms with E-state index in [1.165, 1.54) is 10.9 Å². The number of anilines is 2. The Kier molecular flexibility index (Phi) is 3.58. The number of hydrogen-bond donors (Lipinski definition) is 2.